The number of piperazine rings is 1. The minimum atomic E-state index is -1.25. The van der Waals surface area contributed by atoms with Gasteiger partial charge < -0.3 is 20.9 Å². The molecule has 0 atom stereocenters. The smallest absolute Gasteiger partial charge is 0.252 e. The number of fused-ring (bicyclic) bond motifs is 1. The molecule has 10 nitrogen and oxygen atoms in total. The Kier molecular flexibility index (Phi) is 5.90. The van der Waals surface area contributed by atoms with Crippen LogP contribution in [0.15, 0.2) is 30.6 Å². The number of hydrogen-bond donors (Lipinski definition) is 2. The van der Waals surface area contributed by atoms with Crippen molar-refractivity contribution in [1.29, 1.82) is 0 Å². The summed E-state index contributed by atoms with van der Waals surface area (Å²) in [6, 6.07) is 5.99. The first kappa shape index (κ1) is 23.4. The van der Waals surface area contributed by atoms with E-state index < -0.39 is 23.2 Å². The number of hydrogen-bond acceptors (Lipinski definition) is 6. The fraction of sp³-hybridized carbons (Fsp3) is 0.318. The predicted molar refractivity (Wildman–Crippen MR) is 125 cm³/mol. The molecular weight excluding hydrogens is 465 g/mol. The topological polar surface area (TPSA) is 126 Å². The van der Waals surface area contributed by atoms with E-state index in [0.29, 0.717) is 21.8 Å². The average Bonchev–Trinajstić information content (AvgIpc) is 3.12. The molecule has 0 radical (unpaired) electrons. The van der Waals surface area contributed by atoms with Crippen LogP contribution in [0.5, 0.6) is 0 Å². The molecule has 178 valence electrons. The molecule has 0 bridgehead atoms. The summed E-state index contributed by atoms with van der Waals surface area (Å²) in [7, 11) is 0. The summed E-state index contributed by atoms with van der Waals surface area (Å²) in [4.78, 5) is 43.8. The highest BCUT2D eigenvalue weighted by Crippen LogP contribution is 2.35. The van der Waals surface area contributed by atoms with Gasteiger partial charge in [0.2, 0.25) is 11.8 Å². The van der Waals surface area contributed by atoms with Crippen molar-refractivity contribution in [2.75, 3.05) is 30.3 Å². The number of anilines is 2. The third-order valence-corrected chi connectivity index (χ3v) is 6.14. The summed E-state index contributed by atoms with van der Waals surface area (Å²) in [5.41, 5.74) is 6.27. The average molecular weight is 488 g/mol. The molecule has 34 heavy (non-hydrogen) atoms. The third-order valence-electron chi connectivity index (χ3n) is 5.85. The summed E-state index contributed by atoms with van der Waals surface area (Å²) in [6.07, 6.45) is 1.29. The highest BCUT2D eigenvalue weighted by atomic mass is 35.5. The van der Waals surface area contributed by atoms with Crippen molar-refractivity contribution in [1.82, 2.24) is 24.8 Å². The fourth-order valence-electron chi connectivity index (χ4n) is 4.10. The van der Waals surface area contributed by atoms with Crippen LogP contribution in [0.1, 0.15) is 20.8 Å². The first-order chi connectivity index (χ1) is 16.0. The molecule has 3 aromatic rings. The Bertz CT molecular complexity index is 1320. The first-order valence-corrected chi connectivity index (χ1v) is 10.8. The van der Waals surface area contributed by atoms with Crippen LogP contribution >= 0.6 is 11.6 Å². The normalized spacial score (nSPS) is 15.6. The number of carbonyl (C=O) groups is 3. The standard InChI is InChI=1S/C22H23ClFN7O3/c1-12(32)26-10-18(33)30-7-6-29(21(34)22(30,2)3)17-8-13(4-5-15(17)24)16-9-14(23)19-20(25)27-11-28-31(16)19/h4-5,8-9,11H,6-7,10H2,1-3H3,(H,26,32)(H2,25,27,28). The number of rotatable bonds is 4. The number of halogens is 2. The van der Waals surface area contributed by atoms with Crippen molar-refractivity contribution >= 4 is 46.3 Å². The number of nitrogen functional groups attached to an aromatic ring is 1. The Labute approximate surface area is 199 Å². The van der Waals surface area contributed by atoms with Crippen molar-refractivity contribution < 1.29 is 18.8 Å². The lowest BCUT2D eigenvalue weighted by atomic mass is 9.96. The predicted octanol–water partition coefficient (Wildman–Crippen LogP) is 1.86. The number of nitrogens with two attached hydrogens (primary N) is 1. The summed E-state index contributed by atoms with van der Waals surface area (Å²) in [5.74, 6) is -1.58. The zero-order valence-corrected chi connectivity index (χ0v) is 19.6. The van der Waals surface area contributed by atoms with Gasteiger partial charge in [0.05, 0.1) is 22.9 Å². The van der Waals surface area contributed by atoms with E-state index in [0.717, 1.165) is 0 Å². The van der Waals surface area contributed by atoms with Crippen LogP contribution in [-0.4, -0.2) is 62.4 Å². The zero-order valence-electron chi connectivity index (χ0n) is 18.8. The summed E-state index contributed by atoms with van der Waals surface area (Å²) in [6.45, 7) is 4.52. The molecule has 1 fully saturated rings. The number of aromatic nitrogens is 3. The Balaban J connectivity index is 1.69. The molecule has 0 saturated carbocycles. The van der Waals surface area contributed by atoms with Gasteiger partial charge in [0.1, 0.15) is 23.2 Å². The molecular formula is C22H23ClFN7O3. The van der Waals surface area contributed by atoms with E-state index in [4.69, 9.17) is 17.3 Å². The first-order valence-electron chi connectivity index (χ1n) is 10.5. The van der Waals surface area contributed by atoms with E-state index in [9.17, 15) is 18.8 Å². The molecule has 12 heteroatoms. The van der Waals surface area contributed by atoms with Gasteiger partial charge in [-0.3, -0.25) is 14.4 Å². The van der Waals surface area contributed by atoms with Crippen molar-refractivity contribution in [3.05, 3.63) is 41.4 Å². The molecule has 2 aromatic heterocycles. The number of nitrogens with zero attached hydrogens (tertiary/aromatic N) is 5. The monoisotopic (exact) mass is 487 g/mol. The number of carbonyl (C=O) groups excluding carboxylic acids is 3. The Morgan fingerprint density at radius 2 is 2.00 bits per heavy atom. The molecule has 3 heterocycles. The minimum Gasteiger partial charge on any atom is -0.382 e. The van der Waals surface area contributed by atoms with Gasteiger partial charge in [0.25, 0.3) is 5.91 Å². The Hall–Kier alpha value is -3.73. The van der Waals surface area contributed by atoms with Crippen LogP contribution in [-0.2, 0) is 14.4 Å². The third kappa shape index (κ3) is 3.92. The van der Waals surface area contributed by atoms with Crippen LogP contribution in [0.25, 0.3) is 16.8 Å². The van der Waals surface area contributed by atoms with Gasteiger partial charge in [-0.25, -0.2) is 13.9 Å². The van der Waals surface area contributed by atoms with Crippen LogP contribution < -0.4 is 16.0 Å². The van der Waals surface area contributed by atoms with E-state index in [2.05, 4.69) is 15.4 Å². The highest BCUT2D eigenvalue weighted by molar-refractivity contribution is 6.35. The largest absolute Gasteiger partial charge is 0.382 e. The van der Waals surface area contributed by atoms with Crippen LogP contribution in [0, 0.1) is 5.82 Å². The molecule has 1 aromatic carbocycles. The molecule has 3 N–H and O–H groups in total. The lowest BCUT2D eigenvalue weighted by molar-refractivity contribution is -0.146. The number of amides is 3. The SMILES string of the molecule is CC(=O)NCC(=O)N1CCN(c2cc(-c3cc(Cl)c4c(N)ncnn34)ccc2F)C(=O)C1(C)C. The zero-order chi connectivity index (χ0) is 24.8. The van der Waals surface area contributed by atoms with Crippen LogP contribution in [0.2, 0.25) is 5.02 Å². The van der Waals surface area contributed by atoms with Gasteiger partial charge in [-0.15, -0.1) is 0 Å². The van der Waals surface area contributed by atoms with Gasteiger partial charge in [-0.2, -0.15) is 5.10 Å². The van der Waals surface area contributed by atoms with E-state index >= 15 is 0 Å². The lowest BCUT2D eigenvalue weighted by Gasteiger charge is -2.46. The van der Waals surface area contributed by atoms with Gasteiger partial charge in [0, 0.05) is 25.6 Å². The summed E-state index contributed by atoms with van der Waals surface area (Å²) < 4.78 is 16.4. The maximum atomic E-state index is 14.9. The van der Waals surface area contributed by atoms with E-state index in [-0.39, 0.29) is 37.0 Å². The Morgan fingerprint density at radius 1 is 1.26 bits per heavy atom. The van der Waals surface area contributed by atoms with Crippen molar-refractivity contribution in [2.24, 2.45) is 0 Å². The summed E-state index contributed by atoms with van der Waals surface area (Å²) in [5, 5.41) is 6.98. The van der Waals surface area contributed by atoms with E-state index in [1.54, 1.807) is 26.0 Å². The van der Waals surface area contributed by atoms with Gasteiger partial charge in [-0.1, -0.05) is 11.6 Å². The fourth-order valence-corrected chi connectivity index (χ4v) is 4.38. The van der Waals surface area contributed by atoms with Gasteiger partial charge in [0.15, 0.2) is 5.82 Å². The highest BCUT2D eigenvalue weighted by Gasteiger charge is 2.45. The lowest BCUT2D eigenvalue weighted by Crippen LogP contribution is -2.66. The van der Waals surface area contributed by atoms with Crippen LogP contribution in [0.4, 0.5) is 15.9 Å². The Morgan fingerprint density at radius 3 is 2.71 bits per heavy atom. The number of benzene rings is 1. The maximum Gasteiger partial charge on any atom is 0.252 e. The van der Waals surface area contributed by atoms with E-state index in [1.807, 2.05) is 0 Å². The molecule has 4 rings (SSSR count). The molecule has 0 aliphatic carbocycles. The van der Waals surface area contributed by atoms with Crippen LogP contribution in [0.3, 0.4) is 0 Å². The second kappa shape index (κ2) is 8.56. The quantitative estimate of drug-likeness (QED) is 0.578. The van der Waals surface area contributed by atoms with Crippen molar-refractivity contribution in [3.8, 4) is 11.3 Å². The minimum absolute atomic E-state index is 0.0673. The second-order valence-electron chi connectivity index (χ2n) is 8.42. The van der Waals surface area contributed by atoms with Gasteiger partial charge >= 0.3 is 0 Å². The number of nitrogens with one attached hydrogen (secondary N) is 1. The molecule has 0 unspecified atom stereocenters. The van der Waals surface area contributed by atoms with Gasteiger partial charge in [-0.05, 0) is 38.1 Å². The maximum absolute atomic E-state index is 14.9. The molecule has 0 spiro atoms. The van der Waals surface area contributed by atoms with Crippen molar-refractivity contribution in [2.45, 2.75) is 26.3 Å². The van der Waals surface area contributed by atoms with E-state index in [1.165, 1.54) is 39.7 Å². The molecule has 1 aliphatic rings. The molecule has 3 amide bonds. The second-order valence-corrected chi connectivity index (χ2v) is 8.83. The molecule has 1 saturated heterocycles. The van der Waals surface area contributed by atoms with Crippen molar-refractivity contribution in [3.63, 3.8) is 0 Å². The molecule has 1 aliphatic heterocycles. The summed E-state index contributed by atoms with van der Waals surface area (Å²) >= 11 is 6.32.